The fourth-order valence-corrected chi connectivity index (χ4v) is 1.32. The number of hydrogen-bond acceptors (Lipinski definition) is 5. The van der Waals surface area contributed by atoms with E-state index in [1.54, 1.807) is 0 Å². The van der Waals surface area contributed by atoms with Gasteiger partial charge in [-0.25, -0.2) is 5.10 Å². The summed E-state index contributed by atoms with van der Waals surface area (Å²) >= 11 is 0. The number of aromatic nitrogens is 3. The van der Waals surface area contributed by atoms with Gasteiger partial charge in [-0.05, 0) is 20.0 Å². The molecule has 0 amide bonds. The van der Waals surface area contributed by atoms with E-state index < -0.39 is 0 Å². The van der Waals surface area contributed by atoms with Crippen LogP contribution in [-0.4, -0.2) is 46.8 Å². The van der Waals surface area contributed by atoms with Crippen LogP contribution in [0, 0.1) is 5.92 Å². The highest BCUT2D eigenvalue weighted by Gasteiger charge is 2.15. The van der Waals surface area contributed by atoms with E-state index in [0.717, 1.165) is 6.54 Å². The van der Waals surface area contributed by atoms with Crippen LogP contribution in [-0.2, 0) is 0 Å². The monoisotopic (exact) mass is 212 g/mol. The Labute approximate surface area is 90.3 Å². The predicted octanol–water partition coefficient (Wildman–Crippen LogP) is 0.385. The molecule has 86 valence electrons. The average Bonchev–Trinajstić information content (AvgIpc) is 2.49. The van der Waals surface area contributed by atoms with Crippen LogP contribution in [0.25, 0.3) is 0 Å². The molecular formula is C9H20N6. The van der Waals surface area contributed by atoms with Crippen LogP contribution in [0.3, 0.4) is 0 Å². The summed E-state index contributed by atoms with van der Waals surface area (Å²) in [5.74, 6) is 1.41. The zero-order chi connectivity index (χ0) is 11.4. The molecule has 1 aromatic rings. The normalized spacial score (nSPS) is 13.5. The van der Waals surface area contributed by atoms with E-state index in [1.165, 1.54) is 0 Å². The molecule has 0 aliphatic heterocycles. The summed E-state index contributed by atoms with van der Waals surface area (Å²) in [5, 5.41) is 9.82. The van der Waals surface area contributed by atoms with Crippen molar-refractivity contribution in [3.8, 4) is 0 Å². The lowest BCUT2D eigenvalue weighted by Crippen LogP contribution is -2.36. The van der Waals surface area contributed by atoms with Gasteiger partial charge in [0.15, 0.2) is 0 Å². The minimum atomic E-state index is 0.315. The Morgan fingerprint density at radius 1 is 1.47 bits per heavy atom. The van der Waals surface area contributed by atoms with Gasteiger partial charge in [0.2, 0.25) is 11.9 Å². The van der Waals surface area contributed by atoms with E-state index in [-0.39, 0.29) is 0 Å². The van der Waals surface area contributed by atoms with Gasteiger partial charge < -0.3 is 16.0 Å². The topological polar surface area (TPSA) is 82.9 Å². The van der Waals surface area contributed by atoms with Gasteiger partial charge in [0, 0.05) is 12.6 Å². The van der Waals surface area contributed by atoms with Gasteiger partial charge in [0.1, 0.15) is 0 Å². The maximum atomic E-state index is 5.45. The molecule has 0 radical (unpaired) electrons. The van der Waals surface area contributed by atoms with Crippen LogP contribution in [0.2, 0.25) is 0 Å². The molecule has 1 heterocycles. The molecule has 0 aliphatic carbocycles. The fraction of sp³-hybridized carbons (Fsp3) is 0.778. The Morgan fingerprint density at radius 2 is 2.13 bits per heavy atom. The number of nitrogens with one attached hydrogen (secondary N) is 2. The van der Waals surface area contributed by atoms with Crippen molar-refractivity contribution in [2.45, 2.75) is 19.9 Å². The number of likely N-dealkylation sites (N-methyl/N-ethyl adjacent to an activating group) is 1. The van der Waals surface area contributed by atoms with Crippen molar-refractivity contribution in [2.75, 3.05) is 31.7 Å². The molecule has 15 heavy (non-hydrogen) atoms. The van der Waals surface area contributed by atoms with Gasteiger partial charge in [-0.1, -0.05) is 13.8 Å². The zero-order valence-corrected chi connectivity index (χ0v) is 9.78. The standard InChI is InChI=1S/C9H20N6/c1-6(2)7(5-15(3)4)11-9-12-8(10)13-14-9/h6-7H,5H2,1-4H3,(H4,10,11,12,13,14). The molecule has 0 aliphatic rings. The molecule has 0 spiro atoms. The lowest BCUT2D eigenvalue weighted by atomic mass is 10.0. The molecule has 1 rings (SSSR count). The van der Waals surface area contributed by atoms with Crippen molar-refractivity contribution < 1.29 is 0 Å². The van der Waals surface area contributed by atoms with Gasteiger partial charge in [-0.15, -0.1) is 5.10 Å². The molecule has 6 nitrogen and oxygen atoms in total. The van der Waals surface area contributed by atoms with Crippen molar-refractivity contribution in [1.29, 1.82) is 0 Å². The highest BCUT2D eigenvalue weighted by atomic mass is 15.3. The molecule has 1 atom stereocenters. The molecular weight excluding hydrogens is 192 g/mol. The van der Waals surface area contributed by atoms with Crippen molar-refractivity contribution in [3.05, 3.63) is 0 Å². The molecule has 1 unspecified atom stereocenters. The number of nitrogens with two attached hydrogens (primary N) is 1. The van der Waals surface area contributed by atoms with Gasteiger partial charge in [-0.3, -0.25) is 0 Å². The lowest BCUT2D eigenvalue weighted by Gasteiger charge is -2.24. The van der Waals surface area contributed by atoms with E-state index in [2.05, 4.69) is 39.2 Å². The third-order valence-electron chi connectivity index (χ3n) is 2.18. The Balaban J connectivity index is 2.58. The third kappa shape index (κ3) is 3.75. The summed E-state index contributed by atoms with van der Waals surface area (Å²) in [7, 11) is 4.09. The first-order valence-electron chi connectivity index (χ1n) is 5.08. The second-order valence-electron chi connectivity index (χ2n) is 4.30. The average molecular weight is 212 g/mol. The third-order valence-corrected chi connectivity index (χ3v) is 2.18. The largest absolute Gasteiger partial charge is 0.368 e. The highest BCUT2D eigenvalue weighted by Crippen LogP contribution is 2.09. The zero-order valence-electron chi connectivity index (χ0n) is 9.78. The summed E-state index contributed by atoms with van der Waals surface area (Å²) < 4.78 is 0. The first kappa shape index (κ1) is 11.8. The molecule has 1 aromatic heterocycles. The van der Waals surface area contributed by atoms with Crippen LogP contribution in [0.15, 0.2) is 0 Å². The first-order valence-corrected chi connectivity index (χ1v) is 5.08. The van der Waals surface area contributed by atoms with Crippen molar-refractivity contribution in [1.82, 2.24) is 20.1 Å². The molecule has 0 bridgehead atoms. The summed E-state index contributed by atoms with van der Waals surface area (Å²) in [6.45, 7) is 5.26. The predicted molar refractivity (Wildman–Crippen MR) is 61.6 cm³/mol. The fourth-order valence-electron chi connectivity index (χ4n) is 1.32. The molecule has 0 saturated carbocycles. The number of aromatic amines is 1. The van der Waals surface area contributed by atoms with Crippen LogP contribution >= 0.6 is 0 Å². The second kappa shape index (κ2) is 4.97. The highest BCUT2D eigenvalue weighted by molar-refractivity contribution is 5.31. The number of hydrogen-bond donors (Lipinski definition) is 3. The quantitative estimate of drug-likeness (QED) is 0.657. The van der Waals surface area contributed by atoms with Crippen molar-refractivity contribution in [2.24, 2.45) is 5.92 Å². The van der Waals surface area contributed by atoms with Crippen molar-refractivity contribution in [3.63, 3.8) is 0 Å². The first-order chi connectivity index (χ1) is 6.99. The minimum absolute atomic E-state index is 0.315. The van der Waals surface area contributed by atoms with Crippen LogP contribution in [0.4, 0.5) is 11.9 Å². The van der Waals surface area contributed by atoms with Gasteiger partial charge >= 0.3 is 0 Å². The Bertz CT molecular complexity index is 293. The Morgan fingerprint density at radius 3 is 2.53 bits per heavy atom. The van der Waals surface area contributed by atoms with Gasteiger partial charge in [-0.2, -0.15) is 4.98 Å². The molecule has 4 N–H and O–H groups in total. The number of anilines is 2. The van der Waals surface area contributed by atoms with Gasteiger partial charge in [0.25, 0.3) is 0 Å². The number of nitrogen functional groups attached to an aromatic ring is 1. The summed E-state index contributed by atoms with van der Waals surface area (Å²) in [6, 6.07) is 0.315. The molecule has 0 aromatic carbocycles. The van der Waals surface area contributed by atoms with Crippen LogP contribution in [0.1, 0.15) is 13.8 Å². The maximum absolute atomic E-state index is 5.45. The summed E-state index contributed by atoms with van der Waals surface area (Å²) in [4.78, 5) is 6.15. The number of H-pyrrole nitrogens is 1. The smallest absolute Gasteiger partial charge is 0.243 e. The Kier molecular flexibility index (Phi) is 3.90. The van der Waals surface area contributed by atoms with Crippen LogP contribution < -0.4 is 11.1 Å². The van der Waals surface area contributed by atoms with E-state index in [4.69, 9.17) is 5.73 Å². The SMILES string of the molecule is CC(C)C(CN(C)C)Nc1n[nH]c(N)n1. The summed E-state index contributed by atoms with van der Waals surface area (Å²) in [5.41, 5.74) is 5.45. The minimum Gasteiger partial charge on any atom is -0.368 e. The maximum Gasteiger partial charge on any atom is 0.243 e. The Hall–Kier alpha value is -1.30. The lowest BCUT2D eigenvalue weighted by molar-refractivity contribution is 0.344. The second-order valence-corrected chi connectivity index (χ2v) is 4.30. The molecule has 0 fully saturated rings. The number of rotatable bonds is 5. The van der Waals surface area contributed by atoms with E-state index in [1.807, 2.05) is 14.1 Å². The van der Waals surface area contributed by atoms with Gasteiger partial charge in [0.05, 0.1) is 0 Å². The molecule has 0 saturated heterocycles. The van der Waals surface area contributed by atoms with Crippen molar-refractivity contribution >= 4 is 11.9 Å². The number of nitrogens with zero attached hydrogens (tertiary/aromatic N) is 3. The molecule has 6 heteroatoms. The van der Waals surface area contributed by atoms with Crippen LogP contribution in [0.5, 0.6) is 0 Å². The van der Waals surface area contributed by atoms with E-state index in [0.29, 0.717) is 23.9 Å². The van der Waals surface area contributed by atoms with E-state index in [9.17, 15) is 0 Å². The summed E-state index contributed by atoms with van der Waals surface area (Å²) in [6.07, 6.45) is 0. The van der Waals surface area contributed by atoms with E-state index >= 15 is 0 Å².